The van der Waals surface area contributed by atoms with Crippen LogP contribution in [-0.2, 0) is 12.8 Å². The zero-order valence-corrected chi connectivity index (χ0v) is 13.5. The number of Topliss-reactive ketones (excluding diaryl/α,β-unsaturated/α-hetero) is 1. The number of unbranched alkanes of at least 4 members (excludes halogenated alkanes) is 2. The highest BCUT2D eigenvalue weighted by atomic mass is 16.1. The standard InChI is InChI=1S/C20H26O/c1-4-6-8-16-10-11-17-12-13-18(15(3)21)19(9-7-5-2)20(17)14-16/h10-14H,4-9H2,1-3H3. The van der Waals surface area contributed by atoms with E-state index >= 15 is 0 Å². The lowest BCUT2D eigenvalue weighted by molar-refractivity contribution is 0.101. The maximum absolute atomic E-state index is 11.9. The first-order valence-corrected chi connectivity index (χ1v) is 8.22. The highest BCUT2D eigenvalue weighted by Crippen LogP contribution is 2.26. The van der Waals surface area contributed by atoms with Crippen LogP contribution in [0.3, 0.4) is 0 Å². The van der Waals surface area contributed by atoms with Crippen molar-refractivity contribution < 1.29 is 4.79 Å². The predicted molar refractivity (Wildman–Crippen MR) is 91.2 cm³/mol. The van der Waals surface area contributed by atoms with E-state index in [1.54, 1.807) is 6.92 Å². The fourth-order valence-electron chi connectivity index (χ4n) is 2.92. The molecule has 0 unspecified atom stereocenters. The number of carbonyl (C=O) groups excluding carboxylic acids is 1. The highest BCUT2D eigenvalue weighted by molar-refractivity contribution is 6.01. The van der Waals surface area contributed by atoms with E-state index in [-0.39, 0.29) is 5.78 Å². The van der Waals surface area contributed by atoms with Gasteiger partial charge in [0, 0.05) is 5.56 Å². The Bertz CT molecular complexity index is 625. The Morgan fingerprint density at radius 2 is 1.62 bits per heavy atom. The first kappa shape index (κ1) is 15.8. The Labute approximate surface area is 128 Å². The summed E-state index contributed by atoms with van der Waals surface area (Å²) in [4.78, 5) is 11.9. The number of rotatable bonds is 7. The van der Waals surface area contributed by atoms with Gasteiger partial charge in [0.2, 0.25) is 0 Å². The van der Waals surface area contributed by atoms with Gasteiger partial charge in [-0.15, -0.1) is 0 Å². The lowest BCUT2D eigenvalue weighted by Crippen LogP contribution is -2.01. The average Bonchev–Trinajstić information content (AvgIpc) is 2.49. The third-order valence-electron chi connectivity index (χ3n) is 4.18. The number of hydrogen-bond acceptors (Lipinski definition) is 1. The molecule has 0 aliphatic rings. The minimum atomic E-state index is 0.182. The molecular weight excluding hydrogens is 256 g/mol. The van der Waals surface area contributed by atoms with Crippen molar-refractivity contribution in [1.82, 2.24) is 0 Å². The summed E-state index contributed by atoms with van der Waals surface area (Å²) in [6.45, 7) is 6.10. The van der Waals surface area contributed by atoms with E-state index in [0.29, 0.717) is 0 Å². The van der Waals surface area contributed by atoms with Crippen LogP contribution in [0.1, 0.15) is 67.9 Å². The van der Waals surface area contributed by atoms with Crippen molar-refractivity contribution in [2.24, 2.45) is 0 Å². The summed E-state index contributed by atoms with van der Waals surface area (Å²) in [5.74, 6) is 0.182. The highest BCUT2D eigenvalue weighted by Gasteiger charge is 2.11. The molecule has 0 aliphatic carbocycles. The number of benzene rings is 2. The van der Waals surface area contributed by atoms with Crippen LogP contribution < -0.4 is 0 Å². The Kier molecular flexibility index (Phi) is 5.55. The molecule has 0 heterocycles. The van der Waals surface area contributed by atoms with Crippen molar-refractivity contribution in [2.45, 2.75) is 59.3 Å². The van der Waals surface area contributed by atoms with Gasteiger partial charge in [0.25, 0.3) is 0 Å². The second-order valence-corrected chi connectivity index (χ2v) is 5.91. The zero-order valence-electron chi connectivity index (χ0n) is 13.5. The van der Waals surface area contributed by atoms with Gasteiger partial charge in [0.15, 0.2) is 5.78 Å². The van der Waals surface area contributed by atoms with E-state index in [1.165, 1.54) is 34.7 Å². The van der Waals surface area contributed by atoms with Crippen molar-refractivity contribution in [3.05, 3.63) is 47.0 Å². The number of carbonyl (C=O) groups is 1. The quantitative estimate of drug-likeness (QED) is 0.593. The second-order valence-electron chi connectivity index (χ2n) is 5.91. The van der Waals surface area contributed by atoms with Gasteiger partial charge in [0.05, 0.1) is 0 Å². The molecule has 0 amide bonds. The molecule has 0 radical (unpaired) electrons. The van der Waals surface area contributed by atoms with Gasteiger partial charge in [-0.1, -0.05) is 57.0 Å². The average molecular weight is 282 g/mol. The van der Waals surface area contributed by atoms with Crippen molar-refractivity contribution in [3.8, 4) is 0 Å². The van der Waals surface area contributed by atoms with Gasteiger partial charge in [-0.05, 0) is 54.5 Å². The molecule has 0 atom stereocenters. The molecule has 0 spiro atoms. The Balaban J connectivity index is 2.52. The number of aryl methyl sites for hydroxylation is 2. The molecule has 0 bridgehead atoms. The summed E-state index contributed by atoms with van der Waals surface area (Å²) in [6.07, 6.45) is 6.86. The summed E-state index contributed by atoms with van der Waals surface area (Å²) < 4.78 is 0. The summed E-state index contributed by atoms with van der Waals surface area (Å²) in [5.41, 5.74) is 3.55. The van der Waals surface area contributed by atoms with Crippen LogP contribution in [0.25, 0.3) is 10.8 Å². The maximum atomic E-state index is 11.9. The van der Waals surface area contributed by atoms with Crippen LogP contribution in [0, 0.1) is 0 Å². The minimum Gasteiger partial charge on any atom is -0.295 e. The smallest absolute Gasteiger partial charge is 0.160 e. The third kappa shape index (κ3) is 3.72. The number of fused-ring (bicyclic) bond motifs is 1. The Hall–Kier alpha value is -1.63. The van der Waals surface area contributed by atoms with Crippen molar-refractivity contribution in [3.63, 3.8) is 0 Å². The van der Waals surface area contributed by atoms with Crippen LogP contribution in [0.5, 0.6) is 0 Å². The SMILES string of the molecule is CCCCc1ccc2ccc(C(C)=O)c(CCCC)c2c1. The van der Waals surface area contributed by atoms with E-state index < -0.39 is 0 Å². The third-order valence-corrected chi connectivity index (χ3v) is 4.18. The van der Waals surface area contributed by atoms with Crippen LogP contribution in [-0.4, -0.2) is 5.78 Å². The molecule has 21 heavy (non-hydrogen) atoms. The molecule has 0 aromatic heterocycles. The van der Waals surface area contributed by atoms with E-state index in [2.05, 4.69) is 38.1 Å². The van der Waals surface area contributed by atoms with E-state index in [4.69, 9.17) is 0 Å². The van der Waals surface area contributed by atoms with Gasteiger partial charge in [-0.25, -0.2) is 0 Å². The molecule has 0 saturated heterocycles. The Morgan fingerprint density at radius 3 is 2.29 bits per heavy atom. The monoisotopic (exact) mass is 282 g/mol. The summed E-state index contributed by atoms with van der Waals surface area (Å²) in [6, 6.07) is 10.8. The topological polar surface area (TPSA) is 17.1 Å². The lowest BCUT2D eigenvalue weighted by atomic mass is 9.91. The molecule has 112 valence electrons. The molecule has 0 N–H and O–H groups in total. The van der Waals surface area contributed by atoms with Crippen molar-refractivity contribution >= 4 is 16.6 Å². The molecule has 0 fully saturated rings. The minimum absolute atomic E-state index is 0.182. The number of ketones is 1. The van der Waals surface area contributed by atoms with E-state index in [1.807, 2.05) is 6.07 Å². The summed E-state index contributed by atoms with van der Waals surface area (Å²) in [5, 5.41) is 2.54. The van der Waals surface area contributed by atoms with E-state index in [9.17, 15) is 4.79 Å². The molecule has 0 saturated carbocycles. The molecule has 1 heteroatoms. The van der Waals surface area contributed by atoms with Crippen LogP contribution in [0.4, 0.5) is 0 Å². The largest absolute Gasteiger partial charge is 0.295 e. The van der Waals surface area contributed by atoms with Gasteiger partial charge in [-0.2, -0.15) is 0 Å². The molecule has 2 rings (SSSR count). The molecule has 2 aromatic rings. The number of hydrogen-bond donors (Lipinski definition) is 0. The lowest BCUT2D eigenvalue weighted by Gasteiger charge is -2.12. The molecule has 0 aliphatic heterocycles. The van der Waals surface area contributed by atoms with Crippen LogP contribution in [0.15, 0.2) is 30.3 Å². The summed E-state index contributed by atoms with van der Waals surface area (Å²) in [7, 11) is 0. The van der Waals surface area contributed by atoms with Gasteiger partial charge < -0.3 is 0 Å². The fraction of sp³-hybridized carbons (Fsp3) is 0.450. The zero-order chi connectivity index (χ0) is 15.2. The van der Waals surface area contributed by atoms with Crippen LogP contribution >= 0.6 is 0 Å². The second kappa shape index (κ2) is 7.40. The van der Waals surface area contributed by atoms with Gasteiger partial charge in [0.1, 0.15) is 0 Å². The van der Waals surface area contributed by atoms with Gasteiger partial charge in [-0.3, -0.25) is 4.79 Å². The molecule has 1 nitrogen and oxygen atoms in total. The normalized spacial score (nSPS) is 11.0. The molecule has 2 aromatic carbocycles. The van der Waals surface area contributed by atoms with Crippen molar-refractivity contribution in [2.75, 3.05) is 0 Å². The van der Waals surface area contributed by atoms with Crippen molar-refractivity contribution in [1.29, 1.82) is 0 Å². The maximum Gasteiger partial charge on any atom is 0.160 e. The molecular formula is C20H26O. The van der Waals surface area contributed by atoms with Gasteiger partial charge >= 0.3 is 0 Å². The van der Waals surface area contributed by atoms with E-state index in [0.717, 1.165) is 31.2 Å². The fourth-order valence-corrected chi connectivity index (χ4v) is 2.92. The summed E-state index contributed by atoms with van der Waals surface area (Å²) >= 11 is 0. The predicted octanol–water partition coefficient (Wildman–Crippen LogP) is 5.73. The first-order chi connectivity index (χ1) is 10.2. The van der Waals surface area contributed by atoms with Crippen LogP contribution in [0.2, 0.25) is 0 Å². The Morgan fingerprint density at radius 1 is 0.952 bits per heavy atom. The first-order valence-electron chi connectivity index (χ1n) is 8.22.